The minimum absolute atomic E-state index is 0. The molecule has 0 aromatic carbocycles. The minimum atomic E-state index is 0. The first kappa shape index (κ1) is 11.9. The third-order valence-electron chi connectivity index (χ3n) is 1.03. The quantitative estimate of drug-likeness (QED) is 0.500. The van der Waals surface area contributed by atoms with Crippen molar-refractivity contribution in [2.75, 3.05) is 0 Å². The molecule has 0 aliphatic carbocycles. The van der Waals surface area contributed by atoms with Crippen molar-refractivity contribution in [3.63, 3.8) is 0 Å². The maximum absolute atomic E-state index is 3.73. The molecule has 0 atom stereocenters. The number of pyridine rings is 2. The van der Waals surface area contributed by atoms with Crippen molar-refractivity contribution < 1.29 is 19.5 Å². The maximum atomic E-state index is 3.73. The molecule has 0 saturated heterocycles. The van der Waals surface area contributed by atoms with Gasteiger partial charge in [0.2, 0.25) is 0 Å². The molecule has 13 heavy (non-hydrogen) atoms. The second-order valence-corrected chi connectivity index (χ2v) is 1.91. The van der Waals surface area contributed by atoms with Gasteiger partial charge in [-0.2, -0.15) is 12.1 Å². The van der Waals surface area contributed by atoms with Crippen molar-refractivity contribution >= 4 is 0 Å². The van der Waals surface area contributed by atoms with E-state index in [0.29, 0.717) is 0 Å². The van der Waals surface area contributed by atoms with Crippen LogP contribution in [0.3, 0.4) is 0 Å². The van der Waals surface area contributed by atoms with Crippen LogP contribution in [0.2, 0.25) is 0 Å². The van der Waals surface area contributed by atoms with Crippen molar-refractivity contribution in [1.29, 1.82) is 0 Å². The Morgan fingerprint density at radius 3 is 1.31 bits per heavy atom. The normalized spacial score (nSPS) is 7.38. The third-order valence-corrected chi connectivity index (χ3v) is 1.03. The van der Waals surface area contributed by atoms with Gasteiger partial charge >= 0.3 is 19.5 Å². The van der Waals surface area contributed by atoms with Gasteiger partial charge < -0.3 is 9.97 Å². The second-order valence-electron chi connectivity index (χ2n) is 1.91. The van der Waals surface area contributed by atoms with Gasteiger partial charge in [0.05, 0.1) is 0 Å². The number of hydrogen-bond donors (Lipinski definition) is 0. The summed E-state index contributed by atoms with van der Waals surface area (Å²) >= 11 is 0. The monoisotopic (exact) mass is 220 g/mol. The van der Waals surface area contributed by atoms with Gasteiger partial charge in [0.15, 0.2) is 0 Å². The molecule has 0 spiro atoms. The molecule has 0 bridgehead atoms. The first-order valence-electron chi connectivity index (χ1n) is 3.52. The van der Waals surface area contributed by atoms with Gasteiger partial charge in [0.1, 0.15) is 0 Å². The molecule has 0 fully saturated rings. The fraction of sp³-hybridized carbons (Fsp3) is 0. The van der Waals surface area contributed by atoms with E-state index in [9.17, 15) is 0 Å². The number of nitrogens with zero attached hydrogens (tertiary/aromatic N) is 2. The zero-order chi connectivity index (χ0) is 8.49. The van der Waals surface area contributed by atoms with E-state index in [1.807, 2.05) is 24.3 Å². The van der Waals surface area contributed by atoms with Crippen LogP contribution in [0.5, 0.6) is 0 Å². The molecule has 0 unspecified atom stereocenters. The van der Waals surface area contributed by atoms with Crippen molar-refractivity contribution in [3.8, 4) is 0 Å². The summed E-state index contributed by atoms with van der Waals surface area (Å²) in [5.41, 5.74) is 0. The summed E-state index contributed by atoms with van der Waals surface area (Å²) in [6.07, 6.45) is 6.69. The smallest absolute Gasteiger partial charge is 0.304 e. The van der Waals surface area contributed by atoms with Gasteiger partial charge in [-0.1, -0.05) is 24.8 Å². The van der Waals surface area contributed by atoms with E-state index in [1.165, 1.54) is 0 Å². The first-order chi connectivity index (χ1) is 6.00. The summed E-state index contributed by atoms with van der Waals surface area (Å²) in [6.45, 7) is 0. The average Bonchev–Trinajstić information content (AvgIpc) is 2.24. The van der Waals surface area contributed by atoms with Crippen LogP contribution >= 0.6 is 0 Å². The van der Waals surface area contributed by atoms with Gasteiger partial charge in [-0.05, 0) is 0 Å². The van der Waals surface area contributed by atoms with E-state index >= 15 is 0 Å². The molecule has 2 aromatic heterocycles. The maximum Gasteiger partial charge on any atom is 2.00 e. The van der Waals surface area contributed by atoms with Gasteiger partial charge in [0, 0.05) is 0 Å². The summed E-state index contributed by atoms with van der Waals surface area (Å²) in [5.74, 6) is 0. The Hall–Kier alpha value is -1.08. The van der Waals surface area contributed by atoms with Crippen LogP contribution in [0.1, 0.15) is 0 Å². The molecule has 0 saturated carbocycles. The molecule has 2 rings (SSSR count). The fourth-order valence-electron chi connectivity index (χ4n) is 0.555. The zero-order valence-electron chi connectivity index (χ0n) is 7.22. The Morgan fingerprint density at radius 1 is 0.769 bits per heavy atom. The van der Waals surface area contributed by atoms with E-state index in [0.717, 1.165) is 0 Å². The Bertz CT molecular complexity index is 188. The molecule has 2 aromatic rings. The van der Waals surface area contributed by atoms with Crippen LogP contribution in [-0.4, -0.2) is 9.97 Å². The molecule has 60 valence electrons. The van der Waals surface area contributed by atoms with Gasteiger partial charge in [-0.25, -0.2) is 24.3 Å². The van der Waals surface area contributed by atoms with Crippen LogP contribution in [0.25, 0.3) is 0 Å². The summed E-state index contributed by atoms with van der Waals surface area (Å²) in [5, 5.41) is 0. The zero-order valence-corrected chi connectivity index (χ0v) is 10.2. The van der Waals surface area contributed by atoms with Crippen LogP contribution in [0.15, 0.2) is 49.1 Å². The molecule has 2 heterocycles. The Labute approximate surface area is 90.8 Å². The van der Waals surface area contributed by atoms with Gasteiger partial charge in [-0.15, -0.1) is 0 Å². The Balaban J connectivity index is 0.000000206. The Kier molecular flexibility index (Phi) is 8.27. The summed E-state index contributed by atoms with van der Waals surface area (Å²) in [4.78, 5) is 7.46. The van der Waals surface area contributed by atoms with E-state index < -0.39 is 0 Å². The summed E-state index contributed by atoms with van der Waals surface area (Å²) < 4.78 is 0. The first-order valence-corrected chi connectivity index (χ1v) is 3.52. The molecule has 3 heteroatoms. The predicted octanol–water partition coefficient (Wildman–Crippen LogP) is 1.76. The largest absolute Gasteiger partial charge is 2.00 e. The minimum Gasteiger partial charge on any atom is -0.304 e. The summed E-state index contributed by atoms with van der Waals surface area (Å²) in [6, 6.07) is 12.9. The molecule has 0 radical (unpaired) electrons. The molecule has 2 nitrogen and oxygen atoms in total. The summed E-state index contributed by atoms with van der Waals surface area (Å²) in [7, 11) is 0. The number of rotatable bonds is 0. The van der Waals surface area contributed by atoms with Crippen molar-refractivity contribution in [2.45, 2.75) is 0 Å². The van der Waals surface area contributed by atoms with E-state index in [1.54, 1.807) is 24.8 Å². The number of hydrogen-bond acceptors (Lipinski definition) is 2. The SMILES string of the molecule is [Zn+2].[c-]1cccnc1.[c-]1cccnc1. The van der Waals surface area contributed by atoms with Crippen LogP contribution in [0, 0.1) is 12.1 Å². The molecule has 0 aliphatic heterocycles. The molecule has 0 amide bonds. The van der Waals surface area contributed by atoms with Gasteiger partial charge in [-0.3, -0.25) is 0 Å². The average molecular weight is 222 g/mol. The van der Waals surface area contributed by atoms with Crippen LogP contribution in [0.4, 0.5) is 0 Å². The second kappa shape index (κ2) is 9.01. The van der Waals surface area contributed by atoms with Gasteiger partial charge in [0.25, 0.3) is 0 Å². The molecular formula is C10H8N2Zn. The van der Waals surface area contributed by atoms with E-state index in [4.69, 9.17) is 0 Å². The Morgan fingerprint density at radius 2 is 1.23 bits per heavy atom. The topological polar surface area (TPSA) is 25.8 Å². The van der Waals surface area contributed by atoms with Crippen molar-refractivity contribution in [1.82, 2.24) is 9.97 Å². The number of aromatic nitrogens is 2. The standard InChI is InChI=1S/2C5H4N.Zn/c2*1-2-4-6-5-3-1;/h2*1-2,4-5H;/q2*-1;+2. The van der Waals surface area contributed by atoms with Crippen LogP contribution < -0.4 is 0 Å². The van der Waals surface area contributed by atoms with Crippen molar-refractivity contribution in [3.05, 3.63) is 61.2 Å². The van der Waals surface area contributed by atoms with E-state index in [2.05, 4.69) is 22.1 Å². The van der Waals surface area contributed by atoms with E-state index in [-0.39, 0.29) is 19.5 Å². The molecule has 0 aliphatic rings. The predicted molar refractivity (Wildman–Crippen MR) is 46.1 cm³/mol. The molecular weight excluding hydrogens is 214 g/mol. The molecule has 0 N–H and O–H groups in total. The fourth-order valence-corrected chi connectivity index (χ4v) is 0.555. The van der Waals surface area contributed by atoms with Crippen molar-refractivity contribution in [2.24, 2.45) is 0 Å². The third kappa shape index (κ3) is 7.29. The van der Waals surface area contributed by atoms with Crippen LogP contribution in [-0.2, 0) is 19.5 Å².